The van der Waals surface area contributed by atoms with E-state index in [0.717, 1.165) is 37.7 Å². The monoisotopic (exact) mass is 478 g/mol. The lowest BCUT2D eigenvalue weighted by Crippen LogP contribution is -2.44. The summed E-state index contributed by atoms with van der Waals surface area (Å²) < 4.78 is 1.96. The summed E-state index contributed by atoms with van der Waals surface area (Å²) in [5.41, 5.74) is 3.82. The van der Waals surface area contributed by atoms with Crippen LogP contribution in [0, 0.1) is 19.3 Å². The van der Waals surface area contributed by atoms with Crippen LogP contribution < -0.4 is 10.6 Å². The van der Waals surface area contributed by atoms with E-state index < -0.39 is 0 Å². The maximum Gasteiger partial charge on any atom is 0.191 e. The molecule has 26 heavy (non-hydrogen) atoms. The first-order valence-corrected chi connectivity index (χ1v) is 9.24. The van der Waals surface area contributed by atoms with Gasteiger partial charge in [0.05, 0.1) is 5.69 Å². The van der Waals surface area contributed by atoms with Gasteiger partial charge in [0, 0.05) is 38.4 Å². The van der Waals surface area contributed by atoms with E-state index in [2.05, 4.69) is 76.3 Å². The Morgan fingerprint density at radius 2 is 1.92 bits per heavy atom. The third kappa shape index (κ3) is 8.24. The van der Waals surface area contributed by atoms with Crippen LogP contribution >= 0.6 is 24.0 Å². The number of guanidine groups is 1. The molecule has 1 aromatic heterocycles. The highest BCUT2D eigenvalue weighted by Crippen LogP contribution is 2.16. The third-order valence-electron chi connectivity index (χ3n) is 4.31. The van der Waals surface area contributed by atoms with Crippen LogP contribution in [-0.2, 0) is 13.5 Å². The molecule has 1 unspecified atom stereocenters. The third-order valence-corrected chi connectivity index (χ3v) is 4.31. The Morgan fingerprint density at radius 3 is 2.38 bits per heavy atom. The van der Waals surface area contributed by atoms with Gasteiger partial charge in [0.15, 0.2) is 5.96 Å². The second-order valence-electron chi connectivity index (χ2n) is 8.12. The fourth-order valence-corrected chi connectivity index (χ4v) is 3.22. The molecule has 0 radical (unpaired) electrons. The van der Waals surface area contributed by atoms with Crippen LogP contribution in [-0.4, -0.2) is 60.4 Å². The Morgan fingerprint density at radius 1 is 1.31 bits per heavy atom. The zero-order chi connectivity index (χ0) is 19.2. The van der Waals surface area contributed by atoms with E-state index >= 15 is 0 Å². The van der Waals surface area contributed by atoms with Gasteiger partial charge in [0.25, 0.3) is 0 Å². The molecule has 1 heterocycles. The largest absolute Gasteiger partial charge is 0.357 e. The van der Waals surface area contributed by atoms with Crippen LogP contribution in [0.2, 0.25) is 0 Å². The van der Waals surface area contributed by atoms with E-state index in [1.165, 1.54) is 11.3 Å². The number of rotatable bonds is 8. The summed E-state index contributed by atoms with van der Waals surface area (Å²) in [5, 5.41) is 11.4. The van der Waals surface area contributed by atoms with Gasteiger partial charge in [0.2, 0.25) is 0 Å². The molecule has 2 N–H and O–H groups in total. The summed E-state index contributed by atoms with van der Waals surface area (Å²) in [5.74, 6) is 0.890. The predicted octanol–water partition coefficient (Wildman–Crippen LogP) is 2.73. The van der Waals surface area contributed by atoms with E-state index in [0.29, 0.717) is 0 Å². The lowest BCUT2D eigenvalue weighted by atomic mass is 9.93. The number of hydrogen-bond acceptors (Lipinski definition) is 3. The highest BCUT2D eigenvalue weighted by atomic mass is 127. The lowest BCUT2D eigenvalue weighted by molar-refractivity contribution is 0.248. The number of aliphatic imine (C=N–C) groups is 1. The molecule has 1 rings (SSSR count). The Bertz CT molecular complexity index is 577. The SMILES string of the molecule is CCNC(=NCC(C)(C)CN(C)C)NC(C)Cc1c(C)nn(C)c1C.I. The molecule has 7 heteroatoms. The molecule has 1 atom stereocenters. The highest BCUT2D eigenvalue weighted by molar-refractivity contribution is 14.0. The van der Waals surface area contributed by atoms with Crippen molar-refractivity contribution in [1.29, 1.82) is 0 Å². The first-order valence-electron chi connectivity index (χ1n) is 9.24. The summed E-state index contributed by atoms with van der Waals surface area (Å²) in [7, 11) is 6.22. The quantitative estimate of drug-likeness (QED) is 0.343. The molecule has 0 bridgehead atoms. The van der Waals surface area contributed by atoms with Gasteiger partial charge in [-0.25, -0.2) is 0 Å². The molecule has 0 aromatic carbocycles. The smallest absolute Gasteiger partial charge is 0.191 e. The molecule has 0 aliphatic rings. The average molecular weight is 478 g/mol. The maximum atomic E-state index is 4.82. The molecule has 0 fully saturated rings. The molecule has 152 valence electrons. The van der Waals surface area contributed by atoms with E-state index in [1.54, 1.807) is 0 Å². The van der Waals surface area contributed by atoms with E-state index in [-0.39, 0.29) is 35.4 Å². The minimum atomic E-state index is 0. The number of aryl methyl sites for hydroxylation is 2. The first kappa shape index (κ1) is 25.2. The van der Waals surface area contributed by atoms with Crippen LogP contribution in [0.4, 0.5) is 0 Å². The molecule has 0 spiro atoms. The molecule has 6 nitrogen and oxygen atoms in total. The Hall–Kier alpha value is -0.830. The molecule has 0 aliphatic carbocycles. The summed E-state index contributed by atoms with van der Waals surface area (Å²) in [6, 6.07) is 0.288. The minimum absolute atomic E-state index is 0. The zero-order valence-electron chi connectivity index (χ0n) is 18.1. The van der Waals surface area contributed by atoms with Crippen molar-refractivity contribution >= 4 is 29.9 Å². The number of aromatic nitrogens is 2. The van der Waals surface area contributed by atoms with Gasteiger partial charge in [-0.2, -0.15) is 5.10 Å². The fourth-order valence-electron chi connectivity index (χ4n) is 3.22. The van der Waals surface area contributed by atoms with Crippen molar-refractivity contribution in [2.75, 3.05) is 33.7 Å². The van der Waals surface area contributed by atoms with E-state index in [9.17, 15) is 0 Å². The molecule has 0 saturated carbocycles. The van der Waals surface area contributed by atoms with Crippen molar-refractivity contribution in [3.63, 3.8) is 0 Å². The van der Waals surface area contributed by atoms with Crippen LogP contribution in [0.15, 0.2) is 4.99 Å². The number of halogens is 1. The van der Waals surface area contributed by atoms with Crippen LogP contribution in [0.1, 0.15) is 44.6 Å². The van der Waals surface area contributed by atoms with Crippen LogP contribution in [0.5, 0.6) is 0 Å². The number of nitrogens with zero attached hydrogens (tertiary/aromatic N) is 4. The average Bonchev–Trinajstić information content (AvgIpc) is 2.70. The van der Waals surface area contributed by atoms with Crippen LogP contribution in [0.25, 0.3) is 0 Å². The standard InChI is InChI=1S/C19H38N6.HI/c1-10-20-18(21-12-19(5,6)13-24(7)8)22-14(2)11-17-15(3)23-25(9)16(17)4;/h14H,10-13H2,1-9H3,(H2,20,21,22);1H. The van der Waals surface area contributed by atoms with Crippen molar-refractivity contribution < 1.29 is 0 Å². The fraction of sp³-hybridized carbons (Fsp3) is 0.789. The second kappa shape index (κ2) is 11.1. The topological polar surface area (TPSA) is 57.5 Å². The maximum absolute atomic E-state index is 4.82. The molecule has 0 aliphatic heterocycles. The van der Waals surface area contributed by atoms with E-state index in [1.807, 2.05) is 11.7 Å². The Labute approximate surface area is 177 Å². The summed E-state index contributed by atoms with van der Waals surface area (Å²) in [4.78, 5) is 7.03. The van der Waals surface area contributed by atoms with Crippen molar-refractivity contribution in [2.45, 2.75) is 54.0 Å². The highest BCUT2D eigenvalue weighted by Gasteiger charge is 2.19. The van der Waals surface area contributed by atoms with Crippen molar-refractivity contribution in [1.82, 2.24) is 25.3 Å². The first-order chi connectivity index (χ1) is 11.6. The summed E-state index contributed by atoms with van der Waals surface area (Å²) in [6.07, 6.45) is 0.941. The Kier molecular flexibility index (Phi) is 10.8. The van der Waals surface area contributed by atoms with Crippen molar-refractivity contribution in [3.05, 3.63) is 17.0 Å². The number of hydrogen-bond donors (Lipinski definition) is 2. The van der Waals surface area contributed by atoms with Crippen LogP contribution in [0.3, 0.4) is 0 Å². The van der Waals surface area contributed by atoms with Gasteiger partial charge in [0.1, 0.15) is 0 Å². The van der Waals surface area contributed by atoms with Crippen molar-refractivity contribution in [3.8, 4) is 0 Å². The number of nitrogens with one attached hydrogen (secondary N) is 2. The van der Waals surface area contributed by atoms with Gasteiger partial charge in [-0.1, -0.05) is 13.8 Å². The second-order valence-corrected chi connectivity index (χ2v) is 8.12. The van der Waals surface area contributed by atoms with Gasteiger partial charge in [-0.15, -0.1) is 24.0 Å². The molecule has 0 amide bonds. The molecular weight excluding hydrogens is 439 g/mol. The summed E-state index contributed by atoms with van der Waals surface area (Å²) >= 11 is 0. The predicted molar refractivity (Wildman–Crippen MR) is 123 cm³/mol. The summed E-state index contributed by atoms with van der Waals surface area (Å²) in [6.45, 7) is 15.7. The van der Waals surface area contributed by atoms with Crippen molar-refractivity contribution in [2.24, 2.45) is 17.5 Å². The van der Waals surface area contributed by atoms with E-state index in [4.69, 9.17) is 4.99 Å². The molecule has 0 saturated heterocycles. The normalized spacial score (nSPS) is 13.5. The van der Waals surface area contributed by atoms with Gasteiger partial charge in [-0.3, -0.25) is 9.67 Å². The van der Waals surface area contributed by atoms with Gasteiger partial charge < -0.3 is 15.5 Å². The van der Waals surface area contributed by atoms with Gasteiger partial charge in [-0.05, 0) is 59.2 Å². The molecular formula is C19H39IN6. The van der Waals surface area contributed by atoms with Gasteiger partial charge >= 0.3 is 0 Å². The molecule has 1 aromatic rings. The Balaban J connectivity index is 0.00000625. The zero-order valence-corrected chi connectivity index (χ0v) is 20.4. The lowest BCUT2D eigenvalue weighted by Gasteiger charge is -2.27. The minimum Gasteiger partial charge on any atom is -0.357 e.